The van der Waals surface area contributed by atoms with Gasteiger partial charge in [0, 0.05) is 43.4 Å². The number of likely N-dealkylation sites (tertiary alicyclic amines) is 2. The van der Waals surface area contributed by atoms with Crippen molar-refractivity contribution in [3.05, 3.63) is 30.3 Å². The molecular weight excluding hydrogens is 340 g/mol. The van der Waals surface area contributed by atoms with Gasteiger partial charge in [-0.25, -0.2) is 0 Å². The molecule has 0 aliphatic carbocycles. The monoisotopic (exact) mass is 374 g/mol. The maximum atomic E-state index is 4.54. The molecule has 2 atom stereocenters. The molecule has 1 aromatic carbocycles. The standard InChI is InChI=1S/C21H34N4S/c1-18(26-20-9-5-3-6-10-20)15-23-21(22-2)25-14-11-19(17-25)16-24-12-7-4-8-13-24/h3,5-6,9-10,18-19H,4,7-8,11-17H2,1-2H3,(H,22,23). The Balaban J connectivity index is 1.41. The van der Waals surface area contributed by atoms with E-state index in [1.54, 1.807) is 0 Å². The number of nitrogens with zero attached hydrogens (tertiary/aromatic N) is 3. The summed E-state index contributed by atoms with van der Waals surface area (Å²) in [6.07, 6.45) is 5.49. The molecule has 2 heterocycles. The molecule has 5 heteroatoms. The fourth-order valence-corrected chi connectivity index (χ4v) is 4.97. The summed E-state index contributed by atoms with van der Waals surface area (Å²) < 4.78 is 0. The van der Waals surface area contributed by atoms with Crippen LogP contribution in [0.15, 0.2) is 40.2 Å². The lowest BCUT2D eigenvalue weighted by atomic mass is 10.1. The zero-order valence-corrected chi connectivity index (χ0v) is 17.2. The van der Waals surface area contributed by atoms with Crippen molar-refractivity contribution in [2.75, 3.05) is 46.3 Å². The highest BCUT2D eigenvalue weighted by atomic mass is 32.2. The maximum absolute atomic E-state index is 4.54. The quantitative estimate of drug-likeness (QED) is 0.469. The topological polar surface area (TPSA) is 30.9 Å². The van der Waals surface area contributed by atoms with E-state index in [2.05, 4.69) is 57.4 Å². The van der Waals surface area contributed by atoms with Crippen molar-refractivity contribution in [3.63, 3.8) is 0 Å². The van der Waals surface area contributed by atoms with E-state index in [4.69, 9.17) is 0 Å². The van der Waals surface area contributed by atoms with Gasteiger partial charge in [0.1, 0.15) is 0 Å². The van der Waals surface area contributed by atoms with Gasteiger partial charge in [-0.15, -0.1) is 11.8 Å². The van der Waals surface area contributed by atoms with Crippen molar-refractivity contribution in [1.82, 2.24) is 15.1 Å². The van der Waals surface area contributed by atoms with Gasteiger partial charge in [-0.3, -0.25) is 4.99 Å². The van der Waals surface area contributed by atoms with Crippen LogP contribution in [0.5, 0.6) is 0 Å². The maximum Gasteiger partial charge on any atom is 0.193 e. The largest absolute Gasteiger partial charge is 0.355 e. The molecule has 26 heavy (non-hydrogen) atoms. The highest BCUT2D eigenvalue weighted by Crippen LogP contribution is 2.23. The molecule has 0 saturated carbocycles. The first-order chi connectivity index (χ1) is 12.7. The average Bonchev–Trinajstić information content (AvgIpc) is 3.12. The minimum atomic E-state index is 0.515. The number of piperidine rings is 1. The molecule has 0 bridgehead atoms. The summed E-state index contributed by atoms with van der Waals surface area (Å²) in [4.78, 5) is 11.0. The summed E-state index contributed by atoms with van der Waals surface area (Å²) in [5, 5.41) is 4.11. The summed E-state index contributed by atoms with van der Waals surface area (Å²) in [5.41, 5.74) is 0. The smallest absolute Gasteiger partial charge is 0.193 e. The fourth-order valence-electron chi connectivity index (χ4n) is 4.02. The van der Waals surface area contributed by atoms with Crippen LogP contribution in [0.25, 0.3) is 0 Å². The van der Waals surface area contributed by atoms with Gasteiger partial charge in [0.05, 0.1) is 0 Å². The Morgan fingerprint density at radius 2 is 1.96 bits per heavy atom. The third kappa shape index (κ3) is 5.92. The normalized spacial score (nSPS) is 23.2. The molecule has 0 radical (unpaired) electrons. The van der Waals surface area contributed by atoms with Crippen LogP contribution in [-0.2, 0) is 0 Å². The highest BCUT2D eigenvalue weighted by Gasteiger charge is 2.27. The van der Waals surface area contributed by atoms with E-state index in [1.165, 1.54) is 50.2 Å². The van der Waals surface area contributed by atoms with E-state index in [0.717, 1.165) is 31.5 Å². The van der Waals surface area contributed by atoms with Crippen molar-refractivity contribution in [3.8, 4) is 0 Å². The minimum Gasteiger partial charge on any atom is -0.355 e. The van der Waals surface area contributed by atoms with E-state index in [9.17, 15) is 0 Å². The molecule has 4 nitrogen and oxygen atoms in total. The number of nitrogens with one attached hydrogen (secondary N) is 1. The van der Waals surface area contributed by atoms with E-state index < -0.39 is 0 Å². The lowest BCUT2D eigenvalue weighted by molar-refractivity contribution is 0.198. The van der Waals surface area contributed by atoms with E-state index in [-0.39, 0.29) is 0 Å². The number of hydrogen-bond donors (Lipinski definition) is 1. The lowest BCUT2D eigenvalue weighted by Crippen LogP contribution is -2.43. The molecule has 2 fully saturated rings. The number of rotatable bonds is 6. The van der Waals surface area contributed by atoms with Gasteiger partial charge in [-0.05, 0) is 50.4 Å². The zero-order chi connectivity index (χ0) is 18.2. The molecule has 1 aromatic rings. The third-order valence-electron chi connectivity index (χ3n) is 5.39. The van der Waals surface area contributed by atoms with Crippen LogP contribution in [0.2, 0.25) is 0 Å². The van der Waals surface area contributed by atoms with E-state index >= 15 is 0 Å². The Hall–Kier alpha value is -1.20. The number of aliphatic imine (C=N–C) groups is 1. The average molecular weight is 375 g/mol. The SMILES string of the molecule is CN=C(NCC(C)Sc1ccccc1)N1CCC(CN2CCCCC2)C1. The van der Waals surface area contributed by atoms with Gasteiger partial charge >= 0.3 is 0 Å². The fraction of sp³-hybridized carbons (Fsp3) is 0.667. The van der Waals surface area contributed by atoms with Crippen LogP contribution in [0, 0.1) is 5.92 Å². The molecule has 0 aromatic heterocycles. The highest BCUT2D eigenvalue weighted by molar-refractivity contribution is 8.00. The summed E-state index contributed by atoms with van der Waals surface area (Å²) in [5.74, 6) is 1.87. The van der Waals surface area contributed by atoms with Crippen LogP contribution in [0.4, 0.5) is 0 Å². The molecule has 1 N–H and O–H groups in total. The second-order valence-corrected chi connectivity index (χ2v) is 9.14. The number of guanidine groups is 1. The van der Waals surface area contributed by atoms with Crippen LogP contribution in [-0.4, -0.2) is 67.3 Å². The second-order valence-electron chi connectivity index (χ2n) is 7.63. The van der Waals surface area contributed by atoms with Crippen molar-refractivity contribution >= 4 is 17.7 Å². The Kier molecular flexibility index (Phi) is 7.69. The predicted octanol–water partition coefficient (Wildman–Crippen LogP) is 3.55. The van der Waals surface area contributed by atoms with Crippen LogP contribution in [0.1, 0.15) is 32.6 Å². The third-order valence-corrected chi connectivity index (χ3v) is 6.50. The Morgan fingerprint density at radius 1 is 1.19 bits per heavy atom. The second kappa shape index (κ2) is 10.2. The van der Waals surface area contributed by atoms with Gasteiger partial charge in [0.2, 0.25) is 0 Å². The molecule has 3 rings (SSSR count). The Bertz CT molecular complexity index is 556. The van der Waals surface area contributed by atoms with Crippen LogP contribution >= 0.6 is 11.8 Å². The van der Waals surface area contributed by atoms with Crippen LogP contribution < -0.4 is 5.32 Å². The van der Waals surface area contributed by atoms with Crippen LogP contribution in [0.3, 0.4) is 0 Å². The predicted molar refractivity (Wildman–Crippen MR) is 113 cm³/mol. The summed E-state index contributed by atoms with van der Waals surface area (Å²) in [6, 6.07) is 10.6. The van der Waals surface area contributed by atoms with Crippen molar-refractivity contribution in [2.24, 2.45) is 10.9 Å². The molecule has 144 valence electrons. The Labute approximate surface area is 163 Å². The molecule has 2 aliphatic rings. The molecular formula is C21H34N4S. The van der Waals surface area contributed by atoms with E-state index in [0.29, 0.717) is 5.25 Å². The first kappa shape index (κ1) is 19.6. The molecule has 2 saturated heterocycles. The Morgan fingerprint density at radius 3 is 2.69 bits per heavy atom. The minimum absolute atomic E-state index is 0.515. The summed E-state index contributed by atoms with van der Waals surface area (Å²) in [6.45, 7) is 9.39. The first-order valence-corrected chi connectivity index (χ1v) is 11.0. The molecule has 0 spiro atoms. The van der Waals surface area contributed by atoms with Crippen molar-refractivity contribution in [1.29, 1.82) is 0 Å². The van der Waals surface area contributed by atoms with Gasteiger partial charge in [0.25, 0.3) is 0 Å². The molecule has 2 unspecified atom stereocenters. The molecule has 2 aliphatic heterocycles. The number of thioether (sulfide) groups is 1. The number of hydrogen-bond acceptors (Lipinski definition) is 3. The lowest BCUT2D eigenvalue weighted by Gasteiger charge is -2.29. The first-order valence-electron chi connectivity index (χ1n) is 10.1. The van der Waals surface area contributed by atoms with E-state index in [1.807, 2.05) is 18.8 Å². The van der Waals surface area contributed by atoms with Gasteiger partial charge in [-0.2, -0.15) is 0 Å². The van der Waals surface area contributed by atoms with Gasteiger partial charge in [-0.1, -0.05) is 31.5 Å². The summed E-state index contributed by atoms with van der Waals surface area (Å²) in [7, 11) is 1.91. The van der Waals surface area contributed by atoms with Crippen molar-refractivity contribution in [2.45, 2.75) is 42.8 Å². The van der Waals surface area contributed by atoms with Gasteiger partial charge in [0.15, 0.2) is 5.96 Å². The number of benzene rings is 1. The van der Waals surface area contributed by atoms with Gasteiger partial charge < -0.3 is 15.1 Å². The molecule has 0 amide bonds. The summed E-state index contributed by atoms with van der Waals surface area (Å²) >= 11 is 1.92. The van der Waals surface area contributed by atoms with Crippen molar-refractivity contribution < 1.29 is 0 Å². The zero-order valence-electron chi connectivity index (χ0n) is 16.4.